The van der Waals surface area contributed by atoms with Crippen LogP contribution in [-0.2, 0) is 0 Å². The first-order valence-corrected chi connectivity index (χ1v) is 8.40. The maximum atomic E-state index is 13.1. The molecule has 1 unspecified atom stereocenters. The van der Waals surface area contributed by atoms with Crippen molar-refractivity contribution in [3.8, 4) is 5.69 Å². The van der Waals surface area contributed by atoms with Crippen molar-refractivity contribution >= 4 is 6.03 Å². The Morgan fingerprint density at radius 2 is 2.08 bits per heavy atom. The number of aromatic nitrogens is 2. The summed E-state index contributed by atoms with van der Waals surface area (Å²) in [6, 6.07) is 5.61. The third kappa shape index (κ3) is 3.82. The predicted octanol–water partition coefficient (Wildman–Crippen LogP) is 2.45. The van der Waals surface area contributed by atoms with Crippen LogP contribution < -0.4 is 10.6 Å². The van der Waals surface area contributed by atoms with Crippen molar-refractivity contribution in [2.45, 2.75) is 32.7 Å². The van der Waals surface area contributed by atoms with E-state index in [2.05, 4.69) is 15.7 Å². The van der Waals surface area contributed by atoms with Gasteiger partial charge in [-0.2, -0.15) is 5.10 Å². The quantitative estimate of drug-likeness (QED) is 0.752. The van der Waals surface area contributed by atoms with Crippen molar-refractivity contribution < 1.29 is 14.3 Å². The van der Waals surface area contributed by atoms with Crippen LogP contribution in [0.1, 0.15) is 37.1 Å². The molecule has 134 valence electrons. The Hall–Kier alpha value is -2.41. The Kier molecular flexibility index (Phi) is 4.76. The molecule has 1 aromatic heterocycles. The van der Waals surface area contributed by atoms with Crippen LogP contribution >= 0.6 is 0 Å². The second-order valence-electron chi connectivity index (χ2n) is 6.78. The molecule has 7 heteroatoms. The minimum atomic E-state index is -0.295. The molecular formula is C18H23FN4O2. The van der Waals surface area contributed by atoms with Crippen molar-refractivity contribution in [2.24, 2.45) is 5.41 Å². The van der Waals surface area contributed by atoms with E-state index >= 15 is 0 Å². The van der Waals surface area contributed by atoms with Crippen molar-refractivity contribution in [1.29, 1.82) is 0 Å². The monoisotopic (exact) mass is 346 g/mol. The van der Waals surface area contributed by atoms with Crippen LogP contribution in [0.4, 0.5) is 9.18 Å². The lowest BCUT2D eigenvalue weighted by Gasteiger charge is -2.17. The third-order valence-corrected chi connectivity index (χ3v) is 4.85. The summed E-state index contributed by atoms with van der Waals surface area (Å²) in [5.74, 6) is -0.295. The lowest BCUT2D eigenvalue weighted by Crippen LogP contribution is -2.40. The molecule has 1 fully saturated rings. The highest BCUT2D eigenvalue weighted by molar-refractivity contribution is 5.74. The molecule has 0 saturated heterocycles. The summed E-state index contributed by atoms with van der Waals surface area (Å²) in [7, 11) is 0. The van der Waals surface area contributed by atoms with Crippen LogP contribution in [-0.4, -0.2) is 34.1 Å². The standard InChI is InChI=1S/C18H23FN4O2/c1-12(22-17(25)20-10-18(11-24)7-8-18)16-9-21-23(13(16)2)15-5-3-14(19)4-6-15/h3-6,9,12,24H,7-8,10-11H2,1-2H3,(H2,20,22,25). The zero-order valence-corrected chi connectivity index (χ0v) is 14.4. The number of carbonyl (C=O) groups excluding carboxylic acids is 1. The fourth-order valence-corrected chi connectivity index (χ4v) is 2.85. The smallest absolute Gasteiger partial charge is 0.315 e. The zero-order valence-electron chi connectivity index (χ0n) is 14.4. The molecule has 2 amide bonds. The van der Waals surface area contributed by atoms with Crippen molar-refractivity contribution in [1.82, 2.24) is 20.4 Å². The Morgan fingerprint density at radius 3 is 2.68 bits per heavy atom. The normalized spacial score (nSPS) is 16.3. The number of aliphatic hydroxyl groups excluding tert-OH is 1. The van der Waals surface area contributed by atoms with E-state index < -0.39 is 0 Å². The van der Waals surface area contributed by atoms with Gasteiger partial charge < -0.3 is 15.7 Å². The number of hydrogen-bond acceptors (Lipinski definition) is 3. The first-order chi connectivity index (χ1) is 11.9. The van der Waals surface area contributed by atoms with E-state index in [1.807, 2.05) is 13.8 Å². The van der Waals surface area contributed by atoms with Gasteiger partial charge in [-0.05, 0) is 51.0 Å². The second kappa shape index (κ2) is 6.84. The summed E-state index contributed by atoms with van der Waals surface area (Å²) in [5, 5.41) is 19.3. The summed E-state index contributed by atoms with van der Waals surface area (Å²) in [6.07, 6.45) is 3.60. The first-order valence-electron chi connectivity index (χ1n) is 8.40. The lowest BCUT2D eigenvalue weighted by atomic mass is 10.1. The Morgan fingerprint density at radius 1 is 1.40 bits per heavy atom. The van der Waals surface area contributed by atoms with Gasteiger partial charge in [0.25, 0.3) is 0 Å². The number of rotatable bonds is 6. The van der Waals surface area contributed by atoms with Crippen LogP contribution in [0.5, 0.6) is 0 Å². The van der Waals surface area contributed by atoms with E-state index in [0.29, 0.717) is 6.54 Å². The van der Waals surface area contributed by atoms with Gasteiger partial charge in [0.15, 0.2) is 0 Å². The number of carbonyl (C=O) groups is 1. The van der Waals surface area contributed by atoms with E-state index in [9.17, 15) is 14.3 Å². The molecule has 0 bridgehead atoms. The van der Waals surface area contributed by atoms with Crippen molar-refractivity contribution in [2.75, 3.05) is 13.2 Å². The van der Waals surface area contributed by atoms with Gasteiger partial charge in [0.05, 0.1) is 24.5 Å². The summed E-state index contributed by atoms with van der Waals surface area (Å²) in [6.45, 7) is 4.38. The van der Waals surface area contributed by atoms with E-state index in [1.165, 1.54) is 12.1 Å². The maximum absolute atomic E-state index is 13.1. The molecule has 1 aliphatic carbocycles. The minimum Gasteiger partial charge on any atom is -0.396 e. The molecule has 1 atom stereocenters. The molecule has 1 aromatic carbocycles. The Bertz CT molecular complexity index is 753. The Labute approximate surface area is 146 Å². The van der Waals surface area contributed by atoms with Crippen LogP contribution in [0.3, 0.4) is 0 Å². The number of benzene rings is 1. The number of halogens is 1. The van der Waals surface area contributed by atoms with E-state index in [-0.39, 0.29) is 29.9 Å². The van der Waals surface area contributed by atoms with Gasteiger partial charge in [0.2, 0.25) is 0 Å². The minimum absolute atomic E-state index is 0.104. The molecule has 1 heterocycles. The van der Waals surface area contributed by atoms with Gasteiger partial charge in [0, 0.05) is 23.2 Å². The summed E-state index contributed by atoms with van der Waals surface area (Å²) in [4.78, 5) is 12.1. The molecule has 0 spiro atoms. The average molecular weight is 346 g/mol. The second-order valence-corrected chi connectivity index (χ2v) is 6.78. The highest BCUT2D eigenvalue weighted by Gasteiger charge is 2.42. The highest BCUT2D eigenvalue weighted by Crippen LogP contribution is 2.44. The topological polar surface area (TPSA) is 79.2 Å². The lowest BCUT2D eigenvalue weighted by molar-refractivity contribution is 0.202. The van der Waals surface area contributed by atoms with E-state index in [0.717, 1.165) is 29.8 Å². The van der Waals surface area contributed by atoms with Gasteiger partial charge in [-0.1, -0.05) is 0 Å². The number of aliphatic hydroxyl groups is 1. The molecular weight excluding hydrogens is 323 g/mol. The molecule has 0 aliphatic heterocycles. The predicted molar refractivity (Wildman–Crippen MR) is 92.0 cm³/mol. The van der Waals surface area contributed by atoms with Gasteiger partial charge in [0.1, 0.15) is 5.82 Å². The van der Waals surface area contributed by atoms with Crippen molar-refractivity contribution in [3.63, 3.8) is 0 Å². The van der Waals surface area contributed by atoms with E-state index in [1.54, 1.807) is 23.0 Å². The third-order valence-electron chi connectivity index (χ3n) is 4.85. The fraction of sp³-hybridized carbons (Fsp3) is 0.444. The molecule has 2 aromatic rings. The molecule has 1 aliphatic rings. The maximum Gasteiger partial charge on any atom is 0.315 e. The zero-order chi connectivity index (χ0) is 18.0. The largest absolute Gasteiger partial charge is 0.396 e. The van der Waals surface area contributed by atoms with E-state index in [4.69, 9.17) is 0 Å². The number of nitrogens with one attached hydrogen (secondary N) is 2. The molecule has 0 radical (unpaired) electrons. The van der Waals surface area contributed by atoms with Crippen molar-refractivity contribution in [3.05, 3.63) is 47.5 Å². The molecule has 3 N–H and O–H groups in total. The molecule has 3 rings (SSSR count). The summed E-state index contributed by atoms with van der Waals surface area (Å²) in [5.41, 5.74) is 2.42. The molecule has 6 nitrogen and oxygen atoms in total. The fourth-order valence-electron chi connectivity index (χ4n) is 2.85. The number of amides is 2. The average Bonchev–Trinajstić information content (AvgIpc) is 3.29. The Balaban J connectivity index is 1.63. The number of urea groups is 1. The van der Waals surface area contributed by atoms with Gasteiger partial charge in [-0.3, -0.25) is 0 Å². The van der Waals surface area contributed by atoms with Crippen LogP contribution in [0, 0.1) is 18.2 Å². The van der Waals surface area contributed by atoms with Crippen LogP contribution in [0.15, 0.2) is 30.5 Å². The molecule has 1 saturated carbocycles. The summed E-state index contributed by atoms with van der Waals surface area (Å²) < 4.78 is 14.8. The number of hydrogen-bond donors (Lipinski definition) is 3. The highest BCUT2D eigenvalue weighted by atomic mass is 19.1. The summed E-state index contributed by atoms with van der Waals surface area (Å²) >= 11 is 0. The SMILES string of the molecule is Cc1c(C(C)NC(=O)NCC2(CO)CC2)cnn1-c1ccc(F)cc1. The van der Waals surface area contributed by atoms with Crippen LogP contribution in [0.2, 0.25) is 0 Å². The van der Waals surface area contributed by atoms with Crippen LogP contribution in [0.25, 0.3) is 5.69 Å². The van der Waals surface area contributed by atoms with Gasteiger partial charge in [-0.25, -0.2) is 13.9 Å². The first kappa shape index (κ1) is 17.4. The van der Waals surface area contributed by atoms with Gasteiger partial charge in [-0.15, -0.1) is 0 Å². The molecule has 25 heavy (non-hydrogen) atoms. The number of nitrogens with zero attached hydrogens (tertiary/aromatic N) is 2. The van der Waals surface area contributed by atoms with Gasteiger partial charge >= 0.3 is 6.03 Å².